The van der Waals surface area contributed by atoms with E-state index in [9.17, 15) is 14.4 Å². The lowest BCUT2D eigenvalue weighted by Crippen LogP contribution is -2.38. The largest absolute Gasteiger partial charge is 0.469 e. The van der Waals surface area contributed by atoms with Gasteiger partial charge in [0.15, 0.2) is 5.78 Å². The van der Waals surface area contributed by atoms with Crippen LogP contribution in [0.4, 0.5) is 0 Å². The number of benzene rings is 1. The molecule has 1 amide bonds. The predicted octanol–water partition coefficient (Wildman–Crippen LogP) is 3.79. The molecule has 0 heterocycles. The highest BCUT2D eigenvalue weighted by Gasteiger charge is 2.22. The third-order valence-corrected chi connectivity index (χ3v) is 4.42. The van der Waals surface area contributed by atoms with Gasteiger partial charge >= 0.3 is 5.97 Å². The molecular weight excluding hydrogens is 330 g/mol. The van der Waals surface area contributed by atoms with Gasteiger partial charge in [0.2, 0.25) is 5.91 Å². The molecule has 0 bridgehead atoms. The normalized spacial score (nSPS) is 11.7. The lowest BCUT2D eigenvalue weighted by Gasteiger charge is -2.25. The van der Waals surface area contributed by atoms with Crippen molar-refractivity contribution < 1.29 is 19.1 Å². The van der Waals surface area contributed by atoms with Crippen molar-refractivity contribution in [1.29, 1.82) is 0 Å². The van der Waals surface area contributed by atoms with Crippen LogP contribution < -0.4 is 0 Å². The van der Waals surface area contributed by atoms with Gasteiger partial charge in [0.25, 0.3) is 0 Å². The first-order chi connectivity index (χ1) is 12.4. The van der Waals surface area contributed by atoms with Gasteiger partial charge in [-0.15, -0.1) is 0 Å². The molecular formula is C21H31NO4. The Kier molecular flexibility index (Phi) is 9.63. The van der Waals surface area contributed by atoms with Crippen molar-refractivity contribution in [1.82, 2.24) is 4.90 Å². The van der Waals surface area contributed by atoms with Gasteiger partial charge in [-0.1, -0.05) is 56.5 Å². The number of unbranched alkanes of at least 4 members (excludes halogenated alkanes) is 2. The third-order valence-electron chi connectivity index (χ3n) is 4.42. The minimum atomic E-state index is -0.377. The number of Topliss-reactive ketones (excluding diaryl/α,β-unsaturated/α-hetero) is 1. The lowest BCUT2D eigenvalue weighted by atomic mass is 10.0. The number of ketones is 1. The SMILES string of the molecule is CCCCCN(CC(C)C(=O)OC)C(=O)CCC(=O)c1ccc(C)cc1. The molecule has 1 aromatic rings. The molecule has 0 saturated carbocycles. The highest BCUT2D eigenvalue weighted by molar-refractivity contribution is 5.98. The van der Waals surface area contributed by atoms with E-state index < -0.39 is 0 Å². The molecule has 144 valence electrons. The van der Waals surface area contributed by atoms with E-state index in [1.807, 2.05) is 19.1 Å². The molecule has 0 N–H and O–H groups in total. The summed E-state index contributed by atoms with van der Waals surface area (Å²) in [5, 5.41) is 0. The number of methoxy groups -OCH3 is 1. The molecule has 0 aliphatic heterocycles. The van der Waals surface area contributed by atoms with Gasteiger partial charge in [-0.2, -0.15) is 0 Å². The summed E-state index contributed by atoms with van der Waals surface area (Å²) in [5.74, 6) is -0.822. The van der Waals surface area contributed by atoms with E-state index in [4.69, 9.17) is 4.74 Å². The van der Waals surface area contributed by atoms with Gasteiger partial charge in [-0.05, 0) is 13.3 Å². The number of esters is 1. The van der Waals surface area contributed by atoms with Crippen LogP contribution in [0.2, 0.25) is 0 Å². The Morgan fingerprint density at radius 3 is 2.31 bits per heavy atom. The number of carbonyl (C=O) groups is 3. The van der Waals surface area contributed by atoms with Crippen LogP contribution in [0.5, 0.6) is 0 Å². The van der Waals surface area contributed by atoms with Crippen LogP contribution in [-0.4, -0.2) is 42.8 Å². The van der Waals surface area contributed by atoms with Crippen molar-refractivity contribution in [2.45, 2.75) is 52.9 Å². The zero-order chi connectivity index (χ0) is 19.5. The van der Waals surface area contributed by atoms with Crippen LogP contribution in [-0.2, 0) is 14.3 Å². The van der Waals surface area contributed by atoms with Crippen LogP contribution in [0, 0.1) is 12.8 Å². The van der Waals surface area contributed by atoms with Gasteiger partial charge in [0.1, 0.15) is 0 Å². The summed E-state index contributed by atoms with van der Waals surface area (Å²) in [6, 6.07) is 7.37. The molecule has 1 rings (SSSR count). The number of amides is 1. The number of hydrogen-bond donors (Lipinski definition) is 0. The van der Waals surface area contributed by atoms with Gasteiger partial charge in [-0.3, -0.25) is 14.4 Å². The third kappa shape index (κ3) is 7.38. The van der Waals surface area contributed by atoms with Crippen molar-refractivity contribution >= 4 is 17.7 Å². The van der Waals surface area contributed by atoms with E-state index in [1.165, 1.54) is 7.11 Å². The molecule has 0 saturated heterocycles. The van der Waals surface area contributed by atoms with Crippen molar-refractivity contribution in [2.24, 2.45) is 5.92 Å². The maximum Gasteiger partial charge on any atom is 0.310 e. The molecule has 5 nitrogen and oxygen atoms in total. The highest BCUT2D eigenvalue weighted by atomic mass is 16.5. The maximum atomic E-state index is 12.6. The molecule has 0 aromatic heterocycles. The molecule has 0 fully saturated rings. The molecule has 1 unspecified atom stereocenters. The molecule has 5 heteroatoms. The van der Waals surface area contributed by atoms with E-state index in [-0.39, 0.29) is 36.4 Å². The summed E-state index contributed by atoms with van der Waals surface area (Å²) < 4.78 is 4.75. The molecule has 26 heavy (non-hydrogen) atoms. The first-order valence-corrected chi connectivity index (χ1v) is 9.34. The smallest absolute Gasteiger partial charge is 0.310 e. The maximum absolute atomic E-state index is 12.6. The Labute approximate surface area is 156 Å². The summed E-state index contributed by atoms with van der Waals surface area (Å²) in [6.45, 7) is 6.75. The van der Waals surface area contributed by atoms with E-state index >= 15 is 0 Å². The Balaban J connectivity index is 2.63. The predicted molar refractivity (Wildman–Crippen MR) is 102 cm³/mol. The topological polar surface area (TPSA) is 63.7 Å². The Bertz CT molecular complexity index is 595. The fourth-order valence-corrected chi connectivity index (χ4v) is 2.74. The van der Waals surface area contributed by atoms with Crippen molar-refractivity contribution in [3.63, 3.8) is 0 Å². The Hall–Kier alpha value is -2.17. The fraction of sp³-hybridized carbons (Fsp3) is 0.571. The Morgan fingerprint density at radius 2 is 1.73 bits per heavy atom. The van der Waals surface area contributed by atoms with E-state index in [0.717, 1.165) is 24.8 Å². The second kappa shape index (κ2) is 11.4. The fourth-order valence-electron chi connectivity index (χ4n) is 2.74. The van der Waals surface area contributed by atoms with Crippen LogP contribution in [0.1, 0.15) is 61.9 Å². The van der Waals surface area contributed by atoms with Gasteiger partial charge in [0, 0.05) is 31.5 Å². The monoisotopic (exact) mass is 361 g/mol. The molecule has 0 aliphatic carbocycles. The number of hydrogen-bond acceptors (Lipinski definition) is 4. The lowest BCUT2D eigenvalue weighted by molar-refractivity contribution is -0.146. The second-order valence-corrected chi connectivity index (χ2v) is 6.76. The van der Waals surface area contributed by atoms with Crippen molar-refractivity contribution in [3.8, 4) is 0 Å². The van der Waals surface area contributed by atoms with E-state index in [2.05, 4.69) is 6.92 Å². The molecule has 0 aliphatic rings. The van der Waals surface area contributed by atoms with Crippen LogP contribution >= 0.6 is 0 Å². The number of nitrogens with zero attached hydrogens (tertiary/aromatic N) is 1. The second-order valence-electron chi connectivity index (χ2n) is 6.76. The van der Waals surface area contributed by atoms with Crippen LogP contribution in [0.25, 0.3) is 0 Å². The van der Waals surface area contributed by atoms with Crippen LogP contribution in [0.15, 0.2) is 24.3 Å². The van der Waals surface area contributed by atoms with Crippen molar-refractivity contribution in [3.05, 3.63) is 35.4 Å². The molecule has 0 spiro atoms. The summed E-state index contributed by atoms with van der Waals surface area (Å²) in [6.07, 6.45) is 3.31. The van der Waals surface area contributed by atoms with Gasteiger partial charge < -0.3 is 9.64 Å². The number of ether oxygens (including phenoxy) is 1. The summed E-state index contributed by atoms with van der Waals surface area (Å²) in [7, 11) is 1.35. The summed E-state index contributed by atoms with van der Waals surface area (Å²) >= 11 is 0. The van der Waals surface area contributed by atoms with E-state index in [0.29, 0.717) is 18.7 Å². The quantitative estimate of drug-likeness (QED) is 0.342. The van der Waals surface area contributed by atoms with Gasteiger partial charge in [-0.25, -0.2) is 0 Å². The van der Waals surface area contributed by atoms with E-state index in [1.54, 1.807) is 24.0 Å². The molecule has 1 atom stereocenters. The standard InChI is InChI=1S/C21H31NO4/c1-5-6-7-14-22(15-17(3)21(25)26-4)20(24)13-12-19(23)18-10-8-16(2)9-11-18/h8-11,17H,5-7,12-15H2,1-4H3. The zero-order valence-corrected chi connectivity index (χ0v) is 16.4. The highest BCUT2D eigenvalue weighted by Crippen LogP contribution is 2.11. The molecule has 0 radical (unpaired) electrons. The van der Waals surface area contributed by atoms with Crippen LogP contribution in [0.3, 0.4) is 0 Å². The first kappa shape index (κ1) is 21.9. The number of carbonyl (C=O) groups excluding carboxylic acids is 3. The Morgan fingerprint density at radius 1 is 1.08 bits per heavy atom. The van der Waals surface area contributed by atoms with Crippen molar-refractivity contribution in [2.75, 3.05) is 20.2 Å². The zero-order valence-electron chi connectivity index (χ0n) is 16.4. The first-order valence-electron chi connectivity index (χ1n) is 9.34. The summed E-state index contributed by atoms with van der Waals surface area (Å²) in [5.41, 5.74) is 1.72. The summed E-state index contributed by atoms with van der Waals surface area (Å²) in [4.78, 5) is 38.2. The molecule has 1 aromatic carbocycles. The average Bonchev–Trinajstić information content (AvgIpc) is 2.64. The minimum absolute atomic E-state index is 0.0344. The van der Waals surface area contributed by atoms with Gasteiger partial charge in [0.05, 0.1) is 13.0 Å². The average molecular weight is 361 g/mol. The minimum Gasteiger partial charge on any atom is -0.469 e. The number of rotatable bonds is 11. The number of aryl methyl sites for hydroxylation is 1.